The van der Waals surface area contributed by atoms with E-state index < -0.39 is 29.4 Å². The fourth-order valence-electron chi connectivity index (χ4n) is 2.80. The van der Waals surface area contributed by atoms with Gasteiger partial charge in [0.05, 0.1) is 25.5 Å². The number of aliphatic hydroxyl groups is 1. The summed E-state index contributed by atoms with van der Waals surface area (Å²) in [5.41, 5.74) is -0.845. The van der Waals surface area contributed by atoms with E-state index in [1.165, 1.54) is 30.5 Å². The maximum absolute atomic E-state index is 13.1. The fraction of sp³-hybridized carbons (Fsp3) is 0.333. The molecule has 1 aromatic heterocycles. The van der Waals surface area contributed by atoms with Gasteiger partial charge < -0.3 is 19.6 Å². The van der Waals surface area contributed by atoms with Crippen molar-refractivity contribution in [2.75, 3.05) is 13.2 Å². The van der Waals surface area contributed by atoms with E-state index in [4.69, 9.17) is 9.15 Å². The topological polar surface area (TPSA) is 92.0 Å². The van der Waals surface area contributed by atoms with Crippen molar-refractivity contribution in [2.45, 2.75) is 25.2 Å². The third-order valence-electron chi connectivity index (χ3n) is 4.22. The molecule has 3 amide bonds. The molecule has 2 N–H and O–H groups in total. The molecule has 8 heteroatoms. The first-order valence-corrected chi connectivity index (χ1v) is 8.08. The number of benzene rings is 1. The number of halogens is 1. The van der Waals surface area contributed by atoms with Crippen molar-refractivity contribution in [3.05, 3.63) is 59.8 Å². The lowest BCUT2D eigenvalue weighted by Gasteiger charge is -2.23. The van der Waals surface area contributed by atoms with Gasteiger partial charge >= 0.3 is 6.03 Å². The zero-order chi connectivity index (χ0) is 18.7. The number of β-amino-alcohol motifs (C(OH)–C–C–N with tert-alkyl or cyclic N) is 1. The van der Waals surface area contributed by atoms with Crippen LogP contribution < -0.4 is 5.32 Å². The van der Waals surface area contributed by atoms with Crippen LogP contribution in [0.3, 0.4) is 0 Å². The molecule has 1 fully saturated rings. The molecule has 138 valence electrons. The van der Waals surface area contributed by atoms with Crippen molar-refractivity contribution in [3.8, 4) is 0 Å². The van der Waals surface area contributed by atoms with Crippen LogP contribution in [-0.4, -0.2) is 41.2 Å². The zero-order valence-electron chi connectivity index (χ0n) is 14.1. The highest BCUT2D eigenvalue weighted by Crippen LogP contribution is 2.29. The number of hydrogen-bond donors (Lipinski definition) is 2. The van der Waals surface area contributed by atoms with Crippen LogP contribution in [0.15, 0.2) is 47.1 Å². The molecule has 7 nitrogen and oxygen atoms in total. The van der Waals surface area contributed by atoms with Crippen LogP contribution in [0.2, 0.25) is 0 Å². The molecular weight excluding hydrogens is 343 g/mol. The number of aliphatic hydroxyl groups excluding tert-OH is 1. The molecule has 0 spiro atoms. The highest BCUT2D eigenvalue weighted by Gasteiger charge is 2.49. The standard InChI is InChI=1S/C18H19FN2O5/c1-18(12-4-6-13(19)7-5-12)16(23)21(17(24)20-18)9-14(22)10-25-11-15-3-2-8-26-15/h2-8,14,22H,9-11H2,1H3,(H,20,24). The minimum atomic E-state index is -1.31. The normalized spacial score (nSPS) is 21.1. The smallest absolute Gasteiger partial charge is 0.325 e. The van der Waals surface area contributed by atoms with Gasteiger partial charge in [-0.2, -0.15) is 0 Å². The minimum Gasteiger partial charge on any atom is -0.467 e. The Kier molecular flexibility index (Phi) is 5.06. The SMILES string of the molecule is CC1(c2ccc(F)cc2)NC(=O)N(CC(O)COCc2ccco2)C1=O. The van der Waals surface area contributed by atoms with E-state index in [0.717, 1.165) is 4.90 Å². The molecule has 26 heavy (non-hydrogen) atoms. The van der Waals surface area contributed by atoms with Gasteiger partial charge in [0.2, 0.25) is 0 Å². The molecule has 0 saturated carbocycles. The molecular formula is C18H19FN2O5. The molecule has 1 aliphatic heterocycles. The monoisotopic (exact) mass is 362 g/mol. The number of nitrogens with zero attached hydrogens (tertiary/aromatic N) is 1. The Balaban J connectivity index is 1.60. The molecule has 0 bridgehead atoms. The van der Waals surface area contributed by atoms with Gasteiger partial charge in [0.25, 0.3) is 5.91 Å². The maximum Gasteiger partial charge on any atom is 0.325 e. The third-order valence-corrected chi connectivity index (χ3v) is 4.22. The van der Waals surface area contributed by atoms with Gasteiger partial charge in [-0.05, 0) is 36.8 Å². The van der Waals surface area contributed by atoms with Crippen molar-refractivity contribution < 1.29 is 28.2 Å². The summed E-state index contributed by atoms with van der Waals surface area (Å²) >= 11 is 0. The van der Waals surface area contributed by atoms with E-state index in [0.29, 0.717) is 11.3 Å². The van der Waals surface area contributed by atoms with E-state index in [-0.39, 0.29) is 19.8 Å². The van der Waals surface area contributed by atoms with E-state index in [1.54, 1.807) is 19.1 Å². The van der Waals surface area contributed by atoms with Gasteiger partial charge in [0, 0.05) is 0 Å². The second-order valence-electron chi connectivity index (χ2n) is 6.23. The first kappa shape index (κ1) is 18.1. The summed E-state index contributed by atoms with van der Waals surface area (Å²) < 4.78 is 23.5. The maximum atomic E-state index is 13.1. The predicted octanol–water partition coefficient (Wildman–Crippen LogP) is 1.76. The first-order chi connectivity index (χ1) is 12.4. The van der Waals surface area contributed by atoms with Crippen LogP contribution in [0.4, 0.5) is 9.18 Å². The molecule has 0 aliphatic carbocycles. The summed E-state index contributed by atoms with van der Waals surface area (Å²) in [6.07, 6.45) is 0.466. The average molecular weight is 362 g/mol. The Labute approximate surface area is 149 Å². The van der Waals surface area contributed by atoms with E-state index in [2.05, 4.69) is 5.32 Å². The molecule has 3 rings (SSSR count). The number of carbonyl (C=O) groups excluding carboxylic acids is 2. The Morgan fingerprint density at radius 2 is 2.04 bits per heavy atom. The van der Waals surface area contributed by atoms with Crippen LogP contribution in [0.5, 0.6) is 0 Å². The fourth-order valence-corrected chi connectivity index (χ4v) is 2.80. The van der Waals surface area contributed by atoms with Gasteiger partial charge in [-0.3, -0.25) is 9.69 Å². The number of nitrogens with one attached hydrogen (secondary N) is 1. The second-order valence-corrected chi connectivity index (χ2v) is 6.23. The molecule has 1 aromatic carbocycles. The van der Waals surface area contributed by atoms with E-state index in [9.17, 15) is 19.1 Å². The van der Waals surface area contributed by atoms with E-state index >= 15 is 0 Å². The number of ether oxygens (including phenoxy) is 1. The van der Waals surface area contributed by atoms with Gasteiger partial charge in [-0.1, -0.05) is 12.1 Å². The molecule has 2 unspecified atom stereocenters. The number of imide groups is 1. The summed E-state index contributed by atoms with van der Waals surface area (Å²) in [5, 5.41) is 12.7. The molecule has 2 aromatic rings. The number of furan rings is 1. The minimum absolute atomic E-state index is 0.0645. The van der Waals surface area contributed by atoms with E-state index in [1.807, 2.05) is 0 Å². The second kappa shape index (κ2) is 7.27. The molecule has 2 heterocycles. The molecule has 2 atom stereocenters. The van der Waals surface area contributed by atoms with Crippen molar-refractivity contribution in [1.82, 2.24) is 10.2 Å². The summed E-state index contributed by atoms with van der Waals surface area (Å²) in [7, 11) is 0. The van der Waals surface area contributed by atoms with Crippen LogP contribution >= 0.6 is 0 Å². The van der Waals surface area contributed by atoms with Crippen LogP contribution in [0.1, 0.15) is 18.2 Å². The number of amides is 3. The summed E-state index contributed by atoms with van der Waals surface area (Å²) in [4.78, 5) is 25.8. The van der Waals surface area contributed by atoms with Gasteiger partial charge in [0.1, 0.15) is 23.7 Å². The van der Waals surface area contributed by atoms with Crippen molar-refractivity contribution in [1.29, 1.82) is 0 Å². The Morgan fingerprint density at radius 1 is 1.31 bits per heavy atom. The van der Waals surface area contributed by atoms with Crippen LogP contribution in [-0.2, 0) is 21.7 Å². The highest BCUT2D eigenvalue weighted by molar-refractivity contribution is 6.07. The molecule has 0 radical (unpaired) electrons. The predicted molar refractivity (Wildman–Crippen MR) is 88.4 cm³/mol. The van der Waals surface area contributed by atoms with Gasteiger partial charge in [-0.25, -0.2) is 9.18 Å². The summed E-state index contributed by atoms with van der Waals surface area (Å²) in [5.74, 6) is -0.342. The number of rotatable bonds is 7. The highest BCUT2D eigenvalue weighted by atomic mass is 19.1. The average Bonchev–Trinajstić information content (AvgIpc) is 3.19. The lowest BCUT2D eigenvalue weighted by Crippen LogP contribution is -2.42. The quantitative estimate of drug-likeness (QED) is 0.733. The first-order valence-electron chi connectivity index (χ1n) is 8.08. The third kappa shape index (κ3) is 3.61. The Hall–Kier alpha value is -2.71. The van der Waals surface area contributed by atoms with Gasteiger partial charge in [-0.15, -0.1) is 0 Å². The van der Waals surface area contributed by atoms with Crippen LogP contribution in [0.25, 0.3) is 0 Å². The number of hydrogen-bond acceptors (Lipinski definition) is 5. The lowest BCUT2D eigenvalue weighted by atomic mass is 9.92. The molecule has 1 saturated heterocycles. The Bertz CT molecular complexity index is 777. The number of urea groups is 1. The van der Waals surface area contributed by atoms with Crippen molar-refractivity contribution in [2.24, 2.45) is 0 Å². The van der Waals surface area contributed by atoms with Crippen molar-refractivity contribution in [3.63, 3.8) is 0 Å². The Morgan fingerprint density at radius 3 is 2.69 bits per heavy atom. The summed E-state index contributed by atoms with van der Waals surface area (Å²) in [6, 6.07) is 8.17. The van der Waals surface area contributed by atoms with Crippen molar-refractivity contribution >= 4 is 11.9 Å². The number of carbonyl (C=O) groups is 2. The largest absolute Gasteiger partial charge is 0.467 e. The zero-order valence-corrected chi connectivity index (χ0v) is 14.1. The van der Waals surface area contributed by atoms with Gasteiger partial charge in [0.15, 0.2) is 0 Å². The lowest BCUT2D eigenvalue weighted by molar-refractivity contribution is -0.132. The molecule has 1 aliphatic rings. The summed E-state index contributed by atoms with van der Waals surface area (Å²) in [6.45, 7) is 1.45. The van der Waals surface area contributed by atoms with Crippen LogP contribution in [0, 0.1) is 5.82 Å².